The highest BCUT2D eigenvalue weighted by Crippen LogP contribution is 2.09. The summed E-state index contributed by atoms with van der Waals surface area (Å²) in [6.07, 6.45) is 0. The minimum atomic E-state index is -0.647. The standard InChI is InChI=1S/C13H14N4O2/c14-9-10-1-3-11(4-2-10)16-12(18)13(19)17-7-5-15-6-8-17/h1-4,15H,5-8H2,(H,16,18). The normalized spacial score (nSPS) is 14.6. The predicted molar refractivity (Wildman–Crippen MR) is 69.2 cm³/mol. The predicted octanol–water partition coefficient (Wildman–Crippen LogP) is -0.0714. The van der Waals surface area contributed by atoms with Gasteiger partial charge in [-0.05, 0) is 24.3 Å². The Morgan fingerprint density at radius 2 is 1.84 bits per heavy atom. The molecule has 2 amide bonds. The second-order valence-corrected chi connectivity index (χ2v) is 4.19. The molecule has 0 saturated carbocycles. The number of hydrogen-bond donors (Lipinski definition) is 2. The third kappa shape index (κ3) is 3.30. The molecule has 0 aromatic heterocycles. The van der Waals surface area contributed by atoms with Gasteiger partial charge in [0.05, 0.1) is 11.6 Å². The molecular formula is C13H14N4O2. The van der Waals surface area contributed by atoms with E-state index in [4.69, 9.17) is 5.26 Å². The molecule has 0 radical (unpaired) electrons. The van der Waals surface area contributed by atoms with Crippen LogP contribution in [0.1, 0.15) is 5.56 Å². The molecule has 1 aliphatic rings. The first-order valence-corrected chi connectivity index (χ1v) is 6.02. The maximum atomic E-state index is 11.9. The molecule has 98 valence electrons. The van der Waals surface area contributed by atoms with Crippen LogP contribution >= 0.6 is 0 Å². The number of piperazine rings is 1. The van der Waals surface area contributed by atoms with Crippen LogP contribution in [0.2, 0.25) is 0 Å². The van der Waals surface area contributed by atoms with E-state index in [0.29, 0.717) is 37.4 Å². The molecule has 6 nitrogen and oxygen atoms in total. The van der Waals surface area contributed by atoms with Crippen LogP contribution in [0.25, 0.3) is 0 Å². The fourth-order valence-corrected chi connectivity index (χ4v) is 1.82. The lowest BCUT2D eigenvalue weighted by molar-refractivity contribution is -0.143. The quantitative estimate of drug-likeness (QED) is 0.690. The molecule has 6 heteroatoms. The van der Waals surface area contributed by atoms with Crippen molar-refractivity contribution in [3.05, 3.63) is 29.8 Å². The highest BCUT2D eigenvalue weighted by molar-refractivity contribution is 6.39. The number of nitrogens with zero attached hydrogens (tertiary/aromatic N) is 2. The van der Waals surface area contributed by atoms with Crippen molar-refractivity contribution in [1.82, 2.24) is 10.2 Å². The molecule has 0 atom stereocenters. The van der Waals surface area contributed by atoms with Gasteiger partial charge >= 0.3 is 11.8 Å². The molecule has 1 aromatic carbocycles. The number of hydrogen-bond acceptors (Lipinski definition) is 4. The summed E-state index contributed by atoms with van der Waals surface area (Å²) in [4.78, 5) is 25.2. The van der Waals surface area contributed by atoms with Crippen LogP contribution in [0.4, 0.5) is 5.69 Å². The first-order chi connectivity index (χ1) is 9.20. The van der Waals surface area contributed by atoms with E-state index in [-0.39, 0.29) is 0 Å². The number of amides is 2. The van der Waals surface area contributed by atoms with Gasteiger partial charge in [-0.1, -0.05) is 0 Å². The Morgan fingerprint density at radius 1 is 1.21 bits per heavy atom. The highest BCUT2D eigenvalue weighted by Gasteiger charge is 2.23. The minimum absolute atomic E-state index is 0.506. The van der Waals surface area contributed by atoms with Crippen molar-refractivity contribution in [1.29, 1.82) is 5.26 Å². The number of carbonyl (C=O) groups excluding carboxylic acids is 2. The Hall–Kier alpha value is -2.39. The Bertz CT molecular complexity index is 512. The van der Waals surface area contributed by atoms with Crippen LogP contribution in [0.3, 0.4) is 0 Å². The molecule has 0 spiro atoms. The molecule has 2 rings (SSSR count). The third-order valence-electron chi connectivity index (χ3n) is 2.87. The lowest BCUT2D eigenvalue weighted by atomic mass is 10.2. The van der Waals surface area contributed by atoms with Gasteiger partial charge in [0, 0.05) is 31.9 Å². The van der Waals surface area contributed by atoms with Gasteiger partial charge in [0.1, 0.15) is 0 Å². The van der Waals surface area contributed by atoms with E-state index >= 15 is 0 Å². The highest BCUT2D eigenvalue weighted by atomic mass is 16.2. The number of carbonyl (C=O) groups is 2. The summed E-state index contributed by atoms with van der Waals surface area (Å²) in [6.45, 7) is 2.49. The van der Waals surface area contributed by atoms with Crippen LogP contribution in [-0.4, -0.2) is 42.9 Å². The fourth-order valence-electron chi connectivity index (χ4n) is 1.82. The zero-order valence-electron chi connectivity index (χ0n) is 10.3. The maximum absolute atomic E-state index is 11.9. The number of rotatable bonds is 1. The van der Waals surface area contributed by atoms with Crippen molar-refractivity contribution in [2.45, 2.75) is 0 Å². The topological polar surface area (TPSA) is 85.2 Å². The van der Waals surface area contributed by atoms with Gasteiger partial charge in [0.2, 0.25) is 0 Å². The van der Waals surface area contributed by atoms with Crippen molar-refractivity contribution in [2.75, 3.05) is 31.5 Å². The fraction of sp³-hybridized carbons (Fsp3) is 0.308. The van der Waals surface area contributed by atoms with E-state index in [1.165, 1.54) is 4.90 Å². The van der Waals surface area contributed by atoms with Crippen LogP contribution < -0.4 is 10.6 Å². The lowest BCUT2D eigenvalue weighted by Crippen LogP contribution is -2.49. The third-order valence-corrected chi connectivity index (χ3v) is 2.87. The Labute approximate surface area is 111 Å². The van der Waals surface area contributed by atoms with Crippen molar-refractivity contribution in [3.63, 3.8) is 0 Å². The van der Waals surface area contributed by atoms with Gasteiger partial charge in [-0.2, -0.15) is 5.26 Å². The van der Waals surface area contributed by atoms with Crippen LogP contribution in [0.5, 0.6) is 0 Å². The van der Waals surface area contributed by atoms with Gasteiger partial charge < -0.3 is 15.5 Å². The summed E-state index contributed by atoms with van der Waals surface area (Å²) in [6, 6.07) is 8.36. The van der Waals surface area contributed by atoms with E-state index in [1.54, 1.807) is 24.3 Å². The molecular weight excluding hydrogens is 244 g/mol. The van der Waals surface area contributed by atoms with Gasteiger partial charge in [-0.25, -0.2) is 0 Å². The monoisotopic (exact) mass is 258 g/mol. The minimum Gasteiger partial charge on any atom is -0.332 e. The number of nitriles is 1. The number of anilines is 1. The first kappa shape index (κ1) is 13.1. The zero-order chi connectivity index (χ0) is 13.7. The molecule has 1 heterocycles. The molecule has 1 aromatic rings. The summed E-state index contributed by atoms with van der Waals surface area (Å²) < 4.78 is 0. The van der Waals surface area contributed by atoms with E-state index in [0.717, 1.165) is 0 Å². The molecule has 1 saturated heterocycles. The smallest absolute Gasteiger partial charge is 0.313 e. The van der Waals surface area contributed by atoms with Crippen molar-refractivity contribution in [3.8, 4) is 6.07 Å². The van der Waals surface area contributed by atoms with Gasteiger partial charge in [-0.15, -0.1) is 0 Å². The lowest BCUT2D eigenvalue weighted by Gasteiger charge is -2.26. The van der Waals surface area contributed by atoms with E-state index in [1.807, 2.05) is 6.07 Å². The summed E-state index contributed by atoms with van der Waals surface area (Å²) in [5.74, 6) is -1.17. The Kier molecular flexibility index (Phi) is 4.11. The first-order valence-electron chi connectivity index (χ1n) is 6.02. The second kappa shape index (κ2) is 5.98. The number of benzene rings is 1. The second-order valence-electron chi connectivity index (χ2n) is 4.19. The van der Waals surface area contributed by atoms with Crippen LogP contribution in [0.15, 0.2) is 24.3 Å². The van der Waals surface area contributed by atoms with Crippen molar-refractivity contribution in [2.24, 2.45) is 0 Å². The summed E-state index contributed by atoms with van der Waals surface area (Å²) in [5, 5.41) is 14.3. The molecule has 0 bridgehead atoms. The molecule has 19 heavy (non-hydrogen) atoms. The van der Waals surface area contributed by atoms with Gasteiger partial charge in [0.15, 0.2) is 0 Å². The molecule has 1 fully saturated rings. The van der Waals surface area contributed by atoms with Crippen molar-refractivity contribution >= 4 is 17.5 Å². The zero-order valence-corrected chi connectivity index (χ0v) is 10.3. The maximum Gasteiger partial charge on any atom is 0.313 e. The molecule has 1 aliphatic heterocycles. The Balaban J connectivity index is 1.95. The van der Waals surface area contributed by atoms with E-state index < -0.39 is 11.8 Å². The number of nitrogens with one attached hydrogen (secondary N) is 2. The van der Waals surface area contributed by atoms with Crippen LogP contribution in [0, 0.1) is 11.3 Å². The largest absolute Gasteiger partial charge is 0.332 e. The molecule has 0 unspecified atom stereocenters. The van der Waals surface area contributed by atoms with Gasteiger partial charge in [0.25, 0.3) is 0 Å². The van der Waals surface area contributed by atoms with E-state index in [9.17, 15) is 9.59 Å². The van der Waals surface area contributed by atoms with Gasteiger partial charge in [-0.3, -0.25) is 9.59 Å². The summed E-state index contributed by atoms with van der Waals surface area (Å²) >= 11 is 0. The SMILES string of the molecule is N#Cc1ccc(NC(=O)C(=O)N2CCNCC2)cc1. The summed E-state index contributed by atoms with van der Waals surface area (Å²) in [5.41, 5.74) is 1.01. The average Bonchev–Trinajstić information content (AvgIpc) is 2.48. The summed E-state index contributed by atoms with van der Waals surface area (Å²) in [7, 11) is 0. The molecule has 2 N–H and O–H groups in total. The van der Waals surface area contributed by atoms with Crippen molar-refractivity contribution < 1.29 is 9.59 Å². The molecule has 0 aliphatic carbocycles. The van der Waals surface area contributed by atoms with E-state index in [2.05, 4.69) is 10.6 Å². The average molecular weight is 258 g/mol. The Morgan fingerprint density at radius 3 is 2.42 bits per heavy atom. The van der Waals surface area contributed by atoms with Crippen LogP contribution in [-0.2, 0) is 9.59 Å².